The average Bonchev–Trinajstić information content (AvgIpc) is 2.37. The van der Waals surface area contributed by atoms with Gasteiger partial charge >= 0.3 is 5.97 Å². The molecular weight excluding hydrogens is 245 g/mol. The number of anilines is 1. The number of nitrogens with zero attached hydrogens (tertiary/aromatic N) is 1. The first-order valence-corrected chi connectivity index (χ1v) is 6.42. The summed E-state index contributed by atoms with van der Waals surface area (Å²) in [5.74, 6) is -1.40. The minimum Gasteiger partial charge on any atom is -0.478 e. The SMILES string of the molecule is CCC(CC)N(C)c1cc(F)cc(/C=C/C(=O)O)c1. The van der Waals surface area contributed by atoms with Crippen molar-refractivity contribution in [3.63, 3.8) is 0 Å². The van der Waals surface area contributed by atoms with Gasteiger partial charge in [0.1, 0.15) is 5.82 Å². The highest BCUT2D eigenvalue weighted by atomic mass is 19.1. The van der Waals surface area contributed by atoms with E-state index in [4.69, 9.17) is 5.11 Å². The summed E-state index contributed by atoms with van der Waals surface area (Å²) in [5, 5.41) is 8.60. The molecule has 0 fully saturated rings. The smallest absolute Gasteiger partial charge is 0.328 e. The molecule has 1 rings (SSSR count). The Morgan fingerprint density at radius 2 is 2.00 bits per heavy atom. The molecule has 1 aromatic rings. The van der Waals surface area contributed by atoms with Crippen molar-refractivity contribution in [2.24, 2.45) is 0 Å². The molecular formula is C15H20FNO2. The number of aliphatic carboxylic acids is 1. The molecule has 0 atom stereocenters. The highest BCUT2D eigenvalue weighted by Crippen LogP contribution is 2.22. The van der Waals surface area contributed by atoms with Crippen LogP contribution < -0.4 is 4.90 Å². The Kier molecular flexibility index (Phi) is 5.55. The number of hydrogen-bond donors (Lipinski definition) is 1. The van der Waals surface area contributed by atoms with Crippen LogP contribution in [0, 0.1) is 5.82 Å². The van der Waals surface area contributed by atoms with E-state index in [1.165, 1.54) is 18.2 Å². The highest BCUT2D eigenvalue weighted by Gasteiger charge is 2.12. The minimum absolute atomic E-state index is 0.345. The summed E-state index contributed by atoms with van der Waals surface area (Å²) < 4.78 is 13.6. The van der Waals surface area contributed by atoms with Crippen LogP contribution in [-0.4, -0.2) is 24.2 Å². The second-order valence-electron chi connectivity index (χ2n) is 4.50. The highest BCUT2D eigenvalue weighted by molar-refractivity contribution is 5.85. The third-order valence-corrected chi connectivity index (χ3v) is 3.22. The van der Waals surface area contributed by atoms with Crippen molar-refractivity contribution in [1.29, 1.82) is 0 Å². The third kappa shape index (κ3) is 4.39. The van der Waals surface area contributed by atoms with Crippen molar-refractivity contribution >= 4 is 17.7 Å². The molecule has 104 valence electrons. The van der Waals surface area contributed by atoms with Gasteiger partial charge in [0.2, 0.25) is 0 Å². The first-order valence-electron chi connectivity index (χ1n) is 6.42. The second kappa shape index (κ2) is 6.92. The van der Waals surface area contributed by atoms with Crippen LogP contribution in [0.15, 0.2) is 24.3 Å². The van der Waals surface area contributed by atoms with E-state index in [1.54, 1.807) is 6.07 Å². The van der Waals surface area contributed by atoms with E-state index in [-0.39, 0.29) is 5.82 Å². The zero-order valence-corrected chi connectivity index (χ0v) is 11.6. The lowest BCUT2D eigenvalue weighted by atomic mass is 10.1. The lowest BCUT2D eigenvalue weighted by Crippen LogP contribution is -2.30. The molecule has 0 saturated carbocycles. The molecule has 4 heteroatoms. The summed E-state index contributed by atoms with van der Waals surface area (Å²) in [5.41, 5.74) is 1.31. The number of hydrogen-bond acceptors (Lipinski definition) is 2. The Bertz CT molecular complexity index is 467. The quantitative estimate of drug-likeness (QED) is 0.800. The molecule has 1 aromatic carbocycles. The number of carboxylic acid groups (broad SMARTS) is 1. The Hall–Kier alpha value is -1.84. The van der Waals surface area contributed by atoms with E-state index in [0.29, 0.717) is 11.6 Å². The predicted octanol–water partition coefficient (Wildman–Crippen LogP) is 3.55. The maximum Gasteiger partial charge on any atom is 0.328 e. The van der Waals surface area contributed by atoms with Gasteiger partial charge in [-0.25, -0.2) is 9.18 Å². The molecule has 3 nitrogen and oxygen atoms in total. The maximum atomic E-state index is 13.6. The Labute approximate surface area is 113 Å². The van der Waals surface area contributed by atoms with Crippen LogP contribution in [0.4, 0.5) is 10.1 Å². The van der Waals surface area contributed by atoms with Gasteiger partial charge < -0.3 is 10.0 Å². The lowest BCUT2D eigenvalue weighted by molar-refractivity contribution is -0.131. The molecule has 0 aliphatic carbocycles. The van der Waals surface area contributed by atoms with E-state index in [1.807, 2.05) is 11.9 Å². The van der Waals surface area contributed by atoms with Gasteiger partial charge in [-0.15, -0.1) is 0 Å². The van der Waals surface area contributed by atoms with E-state index in [2.05, 4.69) is 13.8 Å². The van der Waals surface area contributed by atoms with Gasteiger partial charge in [-0.05, 0) is 42.7 Å². The topological polar surface area (TPSA) is 40.5 Å². The van der Waals surface area contributed by atoms with Crippen molar-refractivity contribution < 1.29 is 14.3 Å². The van der Waals surface area contributed by atoms with Gasteiger partial charge in [-0.1, -0.05) is 13.8 Å². The van der Waals surface area contributed by atoms with E-state index >= 15 is 0 Å². The monoisotopic (exact) mass is 265 g/mol. The van der Waals surface area contributed by atoms with Crippen LogP contribution in [0.2, 0.25) is 0 Å². The number of halogens is 1. The molecule has 0 unspecified atom stereocenters. The summed E-state index contributed by atoms with van der Waals surface area (Å²) in [6.07, 6.45) is 4.36. The number of carboxylic acids is 1. The molecule has 0 amide bonds. The molecule has 0 aliphatic heterocycles. The van der Waals surface area contributed by atoms with E-state index < -0.39 is 5.97 Å². The number of benzene rings is 1. The molecule has 0 heterocycles. The summed E-state index contributed by atoms with van der Waals surface area (Å²) in [6, 6.07) is 4.93. The minimum atomic E-state index is -1.04. The van der Waals surface area contributed by atoms with Crippen molar-refractivity contribution in [1.82, 2.24) is 0 Å². The fraction of sp³-hybridized carbons (Fsp3) is 0.400. The van der Waals surface area contributed by atoms with Crippen molar-refractivity contribution in [3.05, 3.63) is 35.7 Å². The van der Waals surface area contributed by atoms with Crippen LogP contribution in [-0.2, 0) is 4.79 Å². The summed E-state index contributed by atoms with van der Waals surface area (Å²) in [7, 11) is 1.93. The third-order valence-electron chi connectivity index (χ3n) is 3.22. The lowest BCUT2D eigenvalue weighted by Gasteiger charge is -2.28. The molecule has 0 spiro atoms. The molecule has 0 bridgehead atoms. The molecule has 0 aromatic heterocycles. The summed E-state index contributed by atoms with van der Waals surface area (Å²) in [6.45, 7) is 4.18. The van der Waals surface area contributed by atoms with Gasteiger partial charge in [0.05, 0.1) is 0 Å². The van der Waals surface area contributed by atoms with Crippen molar-refractivity contribution in [3.8, 4) is 0 Å². The van der Waals surface area contributed by atoms with E-state index in [9.17, 15) is 9.18 Å². The zero-order chi connectivity index (χ0) is 14.4. The van der Waals surface area contributed by atoms with Gasteiger partial charge in [0.15, 0.2) is 0 Å². The second-order valence-corrected chi connectivity index (χ2v) is 4.50. The van der Waals surface area contributed by atoms with Gasteiger partial charge in [0, 0.05) is 24.9 Å². The Morgan fingerprint density at radius 1 is 1.37 bits per heavy atom. The van der Waals surface area contributed by atoms with Crippen LogP contribution in [0.1, 0.15) is 32.3 Å². The Balaban J connectivity index is 3.05. The van der Waals surface area contributed by atoms with Crippen LogP contribution in [0.5, 0.6) is 0 Å². The van der Waals surface area contributed by atoms with Gasteiger partial charge in [-0.3, -0.25) is 0 Å². The Morgan fingerprint density at radius 3 is 2.53 bits per heavy atom. The molecule has 19 heavy (non-hydrogen) atoms. The van der Waals surface area contributed by atoms with Gasteiger partial charge in [-0.2, -0.15) is 0 Å². The summed E-state index contributed by atoms with van der Waals surface area (Å²) in [4.78, 5) is 12.5. The van der Waals surface area contributed by atoms with Crippen LogP contribution in [0.3, 0.4) is 0 Å². The van der Waals surface area contributed by atoms with Crippen molar-refractivity contribution in [2.75, 3.05) is 11.9 Å². The van der Waals surface area contributed by atoms with Gasteiger partial charge in [0.25, 0.3) is 0 Å². The standard InChI is InChI=1S/C15H20FNO2/c1-4-13(5-2)17(3)14-9-11(6-7-15(18)19)8-12(16)10-14/h6-10,13H,4-5H2,1-3H3,(H,18,19)/b7-6+. The fourth-order valence-electron chi connectivity index (χ4n) is 2.11. The first-order chi connectivity index (χ1) is 8.97. The average molecular weight is 265 g/mol. The fourth-order valence-corrected chi connectivity index (χ4v) is 2.11. The van der Waals surface area contributed by atoms with Crippen molar-refractivity contribution in [2.45, 2.75) is 32.7 Å². The molecule has 0 saturated heterocycles. The van der Waals surface area contributed by atoms with Crippen LogP contribution in [0.25, 0.3) is 6.08 Å². The molecule has 0 radical (unpaired) electrons. The van der Waals surface area contributed by atoms with Crippen LogP contribution >= 0.6 is 0 Å². The zero-order valence-electron chi connectivity index (χ0n) is 11.6. The molecule has 0 aliphatic rings. The summed E-state index contributed by atoms with van der Waals surface area (Å²) >= 11 is 0. The first kappa shape index (κ1) is 15.2. The largest absolute Gasteiger partial charge is 0.478 e. The molecule has 1 N–H and O–H groups in total. The maximum absolute atomic E-state index is 13.6. The normalized spacial score (nSPS) is 11.2. The van der Waals surface area contributed by atoms with E-state index in [0.717, 1.165) is 24.6 Å². The number of carbonyl (C=O) groups is 1. The number of rotatable bonds is 6. The predicted molar refractivity (Wildman–Crippen MR) is 75.8 cm³/mol.